The Hall–Kier alpha value is -1.66. The van der Waals surface area contributed by atoms with Gasteiger partial charge in [0.2, 0.25) is 0 Å². The highest BCUT2D eigenvalue weighted by Crippen LogP contribution is 2.22. The first kappa shape index (κ1) is 14.3. The largest absolute Gasteiger partial charge is 0.465 e. The summed E-state index contributed by atoms with van der Waals surface area (Å²) in [5.74, 6) is -0.747. The van der Waals surface area contributed by atoms with Gasteiger partial charge < -0.3 is 10.5 Å². The number of nitrogens with zero attached hydrogens (tertiary/aromatic N) is 1. The summed E-state index contributed by atoms with van der Waals surface area (Å²) in [6.07, 6.45) is 0. The van der Waals surface area contributed by atoms with Crippen molar-refractivity contribution in [3.8, 4) is 0 Å². The van der Waals surface area contributed by atoms with Crippen LogP contribution >= 0.6 is 12.4 Å². The number of hydrogen-bond acceptors (Lipinski definition) is 5. The van der Waals surface area contributed by atoms with Crippen LogP contribution in [0, 0.1) is 10.1 Å². The molecule has 0 amide bonds. The van der Waals surface area contributed by atoms with Crippen LogP contribution in [0.4, 0.5) is 5.69 Å². The number of carbonyl (C=O) groups excluding carboxylic acids is 1. The third kappa shape index (κ3) is 2.68. The van der Waals surface area contributed by atoms with Crippen molar-refractivity contribution in [2.45, 2.75) is 6.54 Å². The highest BCUT2D eigenvalue weighted by molar-refractivity contribution is 5.95. The summed E-state index contributed by atoms with van der Waals surface area (Å²) in [6, 6.07) is 4.28. The molecule has 0 bridgehead atoms. The van der Waals surface area contributed by atoms with E-state index in [0.29, 0.717) is 5.56 Å². The van der Waals surface area contributed by atoms with E-state index in [4.69, 9.17) is 5.73 Å². The van der Waals surface area contributed by atoms with Crippen LogP contribution in [0.3, 0.4) is 0 Å². The molecule has 0 heterocycles. The molecule has 0 saturated heterocycles. The van der Waals surface area contributed by atoms with E-state index in [-0.39, 0.29) is 30.2 Å². The third-order valence-electron chi connectivity index (χ3n) is 1.93. The quantitative estimate of drug-likeness (QED) is 0.492. The average molecular weight is 247 g/mol. The van der Waals surface area contributed by atoms with Crippen LogP contribution < -0.4 is 5.73 Å². The molecule has 0 radical (unpaired) electrons. The van der Waals surface area contributed by atoms with Gasteiger partial charge in [0.1, 0.15) is 5.56 Å². The Labute approximate surface area is 97.9 Å². The molecule has 7 heteroatoms. The topological polar surface area (TPSA) is 95.5 Å². The van der Waals surface area contributed by atoms with Gasteiger partial charge in [-0.15, -0.1) is 12.4 Å². The van der Waals surface area contributed by atoms with Crippen molar-refractivity contribution < 1.29 is 14.5 Å². The smallest absolute Gasteiger partial charge is 0.345 e. The Kier molecular flexibility index (Phi) is 5.41. The zero-order valence-corrected chi connectivity index (χ0v) is 9.32. The van der Waals surface area contributed by atoms with Crippen LogP contribution in [0.25, 0.3) is 0 Å². The molecule has 16 heavy (non-hydrogen) atoms. The summed E-state index contributed by atoms with van der Waals surface area (Å²) in [7, 11) is 1.17. The minimum atomic E-state index is -0.747. The van der Waals surface area contributed by atoms with Gasteiger partial charge >= 0.3 is 5.97 Å². The molecule has 0 saturated carbocycles. The number of rotatable bonds is 3. The van der Waals surface area contributed by atoms with Crippen molar-refractivity contribution >= 4 is 24.1 Å². The summed E-state index contributed by atoms with van der Waals surface area (Å²) in [6.45, 7) is 0.0477. The minimum absolute atomic E-state index is 0. The lowest BCUT2D eigenvalue weighted by Crippen LogP contribution is -2.11. The fraction of sp³-hybridized carbons (Fsp3) is 0.222. The molecule has 0 atom stereocenters. The first-order valence-electron chi connectivity index (χ1n) is 4.16. The molecular formula is C9H11ClN2O4. The van der Waals surface area contributed by atoms with E-state index in [1.54, 1.807) is 6.07 Å². The van der Waals surface area contributed by atoms with Crippen LogP contribution in [0.1, 0.15) is 15.9 Å². The zero-order chi connectivity index (χ0) is 11.4. The van der Waals surface area contributed by atoms with Crippen LogP contribution in [0.15, 0.2) is 18.2 Å². The third-order valence-corrected chi connectivity index (χ3v) is 1.93. The Bertz CT molecular complexity index is 408. The number of nitro groups is 1. The average Bonchev–Trinajstić information content (AvgIpc) is 2.26. The number of nitro benzene ring substituents is 1. The minimum Gasteiger partial charge on any atom is -0.465 e. The predicted octanol–water partition coefficient (Wildman–Crippen LogP) is 1.26. The summed E-state index contributed by atoms with van der Waals surface area (Å²) >= 11 is 0. The van der Waals surface area contributed by atoms with Gasteiger partial charge in [-0.3, -0.25) is 10.1 Å². The molecule has 0 aliphatic heterocycles. The van der Waals surface area contributed by atoms with Crippen molar-refractivity contribution in [3.63, 3.8) is 0 Å². The SMILES string of the molecule is COC(=O)c1c(CN)cccc1[N+](=O)[O-].Cl. The van der Waals surface area contributed by atoms with Gasteiger partial charge in [-0.2, -0.15) is 0 Å². The van der Waals surface area contributed by atoms with Crippen LogP contribution in [-0.2, 0) is 11.3 Å². The van der Waals surface area contributed by atoms with E-state index < -0.39 is 10.9 Å². The maximum atomic E-state index is 11.3. The predicted molar refractivity (Wildman–Crippen MR) is 59.6 cm³/mol. The van der Waals surface area contributed by atoms with Gasteiger partial charge in [0, 0.05) is 12.6 Å². The molecule has 0 aliphatic carbocycles. The van der Waals surface area contributed by atoms with Crippen molar-refractivity contribution in [2.75, 3.05) is 7.11 Å². The summed E-state index contributed by atoms with van der Waals surface area (Å²) in [5.41, 5.74) is 5.42. The van der Waals surface area contributed by atoms with Crippen molar-refractivity contribution in [1.29, 1.82) is 0 Å². The molecule has 6 nitrogen and oxygen atoms in total. The highest BCUT2D eigenvalue weighted by atomic mass is 35.5. The number of halogens is 1. The number of nitrogens with two attached hydrogens (primary N) is 1. The lowest BCUT2D eigenvalue weighted by Gasteiger charge is -2.05. The van der Waals surface area contributed by atoms with E-state index >= 15 is 0 Å². The van der Waals surface area contributed by atoms with Gasteiger partial charge in [-0.25, -0.2) is 4.79 Å². The molecule has 1 aromatic carbocycles. The molecule has 1 rings (SSSR count). The molecule has 0 spiro atoms. The van der Waals surface area contributed by atoms with Gasteiger partial charge in [-0.05, 0) is 5.56 Å². The Morgan fingerprint density at radius 2 is 2.19 bits per heavy atom. The number of hydrogen-bond donors (Lipinski definition) is 1. The number of ether oxygens (including phenoxy) is 1. The molecule has 0 aromatic heterocycles. The Balaban J connectivity index is 0.00000225. The molecule has 0 aliphatic rings. The number of benzene rings is 1. The van der Waals surface area contributed by atoms with E-state index in [9.17, 15) is 14.9 Å². The first-order valence-corrected chi connectivity index (χ1v) is 4.16. The molecule has 2 N–H and O–H groups in total. The van der Waals surface area contributed by atoms with E-state index in [0.717, 1.165) is 0 Å². The molecular weight excluding hydrogens is 236 g/mol. The van der Waals surface area contributed by atoms with Gasteiger partial charge in [-0.1, -0.05) is 12.1 Å². The van der Waals surface area contributed by atoms with Crippen molar-refractivity contribution in [3.05, 3.63) is 39.4 Å². The molecule has 88 valence electrons. The maximum absolute atomic E-state index is 11.3. The number of carbonyl (C=O) groups is 1. The van der Waals surface area contributed by atoms with Crippen LogP contribution in [0.2, 0.25) is 0 Å². The lowest BCUT2D eigenvalue weighted by molar-refractivity contribution is -0.385. The van der Waals surface area contributed by atoms with Crippen molar-refractivity contribution in [2.24, 2.45) is 5.73 Å². The van der Waals surface area contributed by atoms with E-state index in [2.05, 4.69) is 4.74 Å². The Morgan fingerprint density at radius 3 is 2.62 bits per heavy atom. The summed E-state index contributed by atoms with van der Waals surface area (Å²) in [5, 5.41) is 10.7. The second-order valence-corrected chi connectivity index (χ2v) is 2.76. The standard InChI is InChI=1S/C9H10N2O4.ClH/c1-15-9(12)8-6(5-10)3-2-4-7(8)11(13)14;/h2-4H,5,10H2,1H3;1H. The van der Waals surface area contributed by atoms with Crippen LogP contribution in [0.5, 0.6) is 0 Å². The zero-order valence-electron chi connectivity index (χ0n) is 8.50. The lowest BCUT2D eigenvalue weighted by atomic mass is 10.1. The van der Waals surface area contributed by atoms with E-state index in [1.165, 1.54) is 19.2 Å². The fourth-order valence-electron chi connectivity index (χ4n) is 1.25. The van der Waals surface area contributed by atoms with Gasteiger partial charge in [0.25, 0.3) is 5.69 Å². The fourth-order valence-corrected chi connectivity index (χ4v) is 1.25. The van der Waals surface area contributed by atoms with Crippen LogP contribution in [-0.4, -0.2) is 18.0 Å². The van der Waals surface area contributed by atoms with E-state index in [1.807, 2.05) is 0 Å². The Morgan fingerprint density at radius 1 is 1.56 bits per heavy atom. The number of esters is 1. The highest BCUT2D eigenvalue weighted by Gasteiger charge is 2.23. The maximum Gasteiger partial charge on any atom is 0.345 e. The summed E-state index contributed by atoms with van der Waals surface area (Å²) in [4.78, 5) is 21.4. The van der Waals surface area contributed by atoms with Gasteiger partial charge in [0.05, 0.1) is 12.0 Å². The molecule has 1 aromatic rings. The first-order chi connectivity index (χ1) is 7.11. The normalized spacial score (nSPS) is 9.12. The van der Waals surface area contributed by atoms with Crippen molar-refractivity contribution in [1.82, 2.24) is 0 Å². The molecule has 0 unspecified atom stereocenters. The second kappa shape index (κ2) is 6.04. The van der Waals surface area contributed by atoms with Gasteiger partial charge in [0.15, 0.2) is 0 Å². The number of methoxy groups -OCH3 is 1. The second-order valence-electron chi connectivity index (χ2n) is 2.76. The monoisotopic (exact) mass is 246 g/mol. The molecule has 0 fully saturated rings. The summed E-state index contributed by atoms with van der Waals surface area (Å²) < 4.78 is 4.47.